The lowest BCUT2D eigenvalue weighted by atomic mass is 9.89. The molecular formula is C24H26F3N5O. The fourth-order valence-electron chi connectivity index (χ4n) is 4.93. The van der Waals surface area contributed by atoms with Crippen molar-refractivity contribution in [1.82, 2.24) is 4.90 Å². The van der Waals surface area contributed by atoms with Crippen LogP contribution in [0.5, 0.6) is 0 Å². The molecule has 1 atom stereocenters. The van der Waals surface area contributed by atoms with Crippen LogP contribution in [0.2, 0.25) is 0 Å². The van der Waals surface area contributed by atoms with Gasteiger partial charge in [-0.05, 0) is 51.2 Å². The lowest BCUT2D eigenvalue weighted by molar-refractivity contribution is -0.137. The summed E-state index contributed by atoms with van der Waals surface area (Å²) in [5.41, 5.74) is 1.80. The number of benzene rings is 2. The molecule has 9 heteroatoms. The zero-order chi connectivity index (χ0) is 23.3. The highest BCUT2D eigenvalue weighted by atomic mass is 19.4. The van der Waals surface area contributed by atoms with Crippen molar-refractivity contribution < 1.29 is 18.0 Å². The average molecular weight is 458 g/mol. The van der Waals surface area contributed by atoms with Crippen molar-refractivity contribution in [3.8, 4) is 0 Å². The van der Waals surface area contributed by atoms with E-state index in [0.29, 0.717) is 54.0 Å². The standard InChI is InChI=1S/C24H26F3N5O/c1-30(2)16-8-10-31(11-9-16)20-13-15(24(25,26)27)12-18-21-19(14-28-22(18)20)23(33)32(29-21)17-6-4-3-5-7-17/h3-7,12-13,16,19,28H,8-11,14H2,1-2H3. The van der Waals surface area contributed by atoms with Gasteiger partial charge in [-0.15, -0.1) is 0 Å². The summed E-state index contributed by atoms with van der Waals surface area (Å²) < 4.78 is 41.6. The summed E-state index contributed by atoms with van der Waals surface area (Å²) in [6.07, 6.45) is -2.75. The largest absolute Gasteiger partial charge is 0.416 e. The number of rotatable bonds is 3. The Morgan fingerprint density at radius 3 is 2.42 bits per heavy atom. The van der Waals surface area contributed by atoms with Gasteiger partial charge in [-0.3, -0.25) is 4.79 Å². The Bertz CT molecular complexity index is 1090. The molecule has 0 spiro atoms. The Kier molecular flexibility index (Phi) is 5.31. The molecule has 1 amide bonds. The van der Waals surface area contributed by atoms with E-state index in [1.54, 1.807) is 24.3 Å². The molecule has 3 aliphatic heterocycles. The van der Waals surface area contributed by atoms with Crippen molar-refractivity contribution in [2.75, 3.05) is 49.0 Å². The molecule has 1 saturated heterocycles. The van der Waals surface area contributed by atoms with E-state index in [4.69, 9.17) is 0 Å². The summed E-state index contributed by atoms with van der Waals surface area (Å²) in [7, 11) is 4.06. The maximum absolute atomic E-state index is 13.9. The van der Waals surface area contributed by atoms with Crippen LogP contribution in [0.4, 0.5) is 30.2 Å². The molecule has 174 valence electrons. The van der Waals surface area contributed by atoms with Crippen LogP contribution in [0.15, 0.2) is 47.6 Å². The molecule has 1 fully saturated rings. The molecule has 0 bridgehead atoms. The molecule has 2 aromatic rings. The molecule has 0 radical (unpaired) electrons. The number of amides is 1. The third-order valence-electron chi connectivity index (χ3n) is 6.78. The second kappa shape index (κ2) is 8.06. The van der Waals surface area contributed by atoms with E-state index in [-0.39, 0.29) is 5.91 Å². The predicted molar refractivity (Wildman–Crippen MR) is 123 cm³/mol. The van der Waals surface area contributed by atoms with Crippen LogP contribution in [0.3, 0.4) is 0 Å². The summed E-state index contributed by atoms with van der Waals surface area (Å²) in [6, 6.07) is 11.7. The van der Waals surface area contributed by atoms with Crippen LogP contribution < -0.4 is 15.2 Å². The Hall–Kier alpha value is -3.07. The van der Waals surface area contributed by atoms with E-state index in [9.17, 15) is 18.0 Å². The third-order valence-corrected chi connectivity index (χ3v) is 6.78. The van der Waals surface area contributed by atoms with E-state index >= 15 is 0 Å². The van der Waals surface area contributed by atoms with Gasteiger partial charge in [0.1, 0.15) is 5.92 Å². The number of nitrogens with one attached hydrogen (secondary N) is 1. The number of para-hydroxylation sites is 1. The number of hydrogen-bond donors (Lipinski definition) is 1. The predicted octanol–water partition coefficient (Wildman–Crippen LogP) is 4.03. The van der Waals surface area contributed by atoms with Gasteiger partial charge < -0.3 is 15.1 Å². The lowest BCUT2D eigenvalue weighted by Gasteiger charge is -2.38. The highest BCUT2D eigenvalue weighted by molar-refractivity contribution is 6.25. The van der Waals surface area contributed by atoms with Crippen LogP contribution in [0, 0.1) is 5.92 Å². The monoisotopic (exact) mass is 457 g/mol. The normalized spacial score (nSPS) is 21.1. The number of halogens is 3. The van der Waals surface area contributed by atoms with Crippen molar-refractivity contribution >= 4 is 28.7 Å². The zero-order valence-electron chi connectivity index (χ0n) is 18.6. The van der Waals surface area contributed by atoms with E-state index in [0.717, 1.165) is 18.9 Å². The summed E-state index contributed by atoms with van der Waals surface area (Å²) in [5, 5.41) is 9.09. The van der Waals surface area contributed by atoms with E-state index in [2.05, 4.69) is 15.3 Å². The van der Waals surface area contributed by atoms with Crippen LogP contribution in [-0.4, -0.2) is 56.3 Å². The van der Waals surface area contributed by atoms with Crippen molar-refractivity contribution in [3.63, 3.8) is 0 Å². The number of carbonyl (C=O) groups is 1. The molecule has 3 aliphatic rings. The third kappa shape index (κ3) is 3.84. The van der Waals surface area contributed by atoms with Gasteiger partial charge in [-0.2, -0.15) is 23.3 Å². The molecule has 0 aliphatic carbocycles. The van der Waals surface area contributed by atoms with Gasteiger partial charge >= 0.3 is 6.18 Å². The number of nitrogens with zero attached hydrogens (tertiary/aromatic N) is 4. The number of hydrazone groups is 1. The summed E-state index contributed by atoms with van der Waals surface area (Å²) in [6.45, 7) is 1.65. The molecule has 3 heterocycles. The van der Waals surface area contributed by atoms with Gasteiger partial charge in [0.05, 0.1) is 28.3 Å². The van der Waals surface area contributed by atoms with Crippen molar-refractivity contribution in [2.24, 2.45) is 11.0 Å². The van der Waals surface area contributed by atoms with Crippen LogP contribution >= 0.6 is 0 Å². The molecule has 1 unspecified atom stereocenters. The molecule has 0 aromatic heterocycles. The minimum atomic E-state index is -4.50. The number of fused-ring (bicyclic) bond motifs is 3. The fourth-order valence-corrected chi connectivity index (χ4v) is 4.93. The average Bonchev–Trinajstić information content (AvgIpc) is 3.15. The number of hydrogen-bond acceptors (Lipinski definition) is 5. The molecule has 2 aromatic carbocycles. The van der Waals surface area contributed by atoms with Gasteiger partial charge in [-0.1, -0.05) is 18.2 Å². The Labute approximate surface area is 190 Å². The smallest absolute Gasteiger partial charge is 0.382 e. The Morgan fingerprint density at radius 2 is 1.79 bits per heavy atom. The maximum Gasteiger partial charge on any atom is 0.416 e. The number of alkyl halides is 3. The molecule has 33 heavy (non-hydrogen) atoms. The topological polar surface area (TPSA) is 51.2 Å². The summed E-state index contributed by atoms with van der Waals surface area (Å²) >= 11 is 0. The van der Waals surface area contributed by atoms with E-state index < -0.39 is 17.7 Å². The molecule has 6 nitrogen and oxygen atoms in total. The quantitative estimate of drug-likeness (QED) is 0.756. The summed E-state index contributed by atoms with van der Waals surface area (Å²) in [4.78, 5) is 17.2. The molecule has 0 saturated carbocycles. The van der Waals surface area contributed by atoms with Crippen molar-refractivity contribution in [1.29, 1.82) is 0 Å². The number of piperidine rings is 1. The fraction of sp³-hybridized carbons (Fsp3) is 0.417. The Morgan fingerprint density at radius 1 is 1.09 bits per heavy atom. The molecular weight excluding hydrogens is 431 g/mol. The first-order valence-electron chi connectivity index (χ1n) is 11.1. The first-order valence-corrected chi connectivity index (χ1v) is 11.1. The highest BCUT2D eigenvalue weighted by Gasteiger charge is 2.43. The van der Waals surface area contributed by atoms with E-state index in [1.807, 2.05) is 25.1 Å². The van der Waals surface area contributed by atoms with Gasteiger partial charge in [0.25, 0.3) is 5.91 Å². The van der Waals surface area contributed by atoms with Crippen LogP contribution in [-0.2, 0) is 11.0 Å². The minimum absolute atomic E-state index is 0.236. The zero-order valence-corrected chi connectivity index (χ0v) is 18.6. The second-order valence-corrected chi connectivity index (χ2v) is 9.00. The van der Waals surface area contributed by atoms with Crippen molar-refractivity contribution in [2.45, 2.75) is 25.1 Å². The Balaban J connectivity index is 1.57. The van der Waals surface area contributed by atoms with Gasteiger partial charge in [-0.25, -0.2) is 0 Å². The lowest BCUT2D eigenvalue weighted by Crippen LogP contribution is -2.43. The van der Waals surface area contributed by atoms with Crippen LogP contribution in [0.25, 0.3) is 0 Å². The van der Waals surface area contributed by atoms with Crippen molar-refractivity contribution in [3.05, 3.63) is 53.6 Å². The first-order chi connectivity index (χ1) is 15.7. The van der Waals surface area contributed by atoms with E-state index in [1.165, 1.54) is 11.1 Å². The molecule has 1 N–H and O–H groups in total. The minimum Gasteiger partial charge on any atom is -0.382 e. The highest BCUT2D eigenvalue weighted by Crippen LogP contribution is 2.43. The number of anilines is 3. The van der Waals surface area contributed by atoms with Crippen LogP contribution in [0.1, 0.15) is 24.0 Å². The molecule has 5 rings (SSSR count). The first kappa shape index (κ1) is 21.8. The second-order valence-electron chi connectivity index (χ2n) is 9.00. The van der Waals surface area contributed by atoms with Gasteiger partial charge in [0.15, 0.2) is 0 Å². The van der Waals surface area contributed by atoms with Gasteiger partial charge in [0.2, 0.25) is 0 Å². The summed E-state index contributed by atoms with van der Waals surface area (Å²) in [5.74, 6) is -0.853. The number of carbonyl (C=O) groups excluding carboxylic acids is 1. The maximum atomic E-state index is 13.9. The SMILES string of the molecule is CN(C)C1CCN(c2cc(C(F)(F)F)cc3c2NCC2C(=O)N(c4ccccc4)N=C32)CC1. The van der Waals surface area contributed by atoms with Gasteiger partial charge in [0, 0.05) is 31.2 Å².